The van der Waals surface area contributed by atoms with E-state index in [1.807, 2.05) is 12.1 Å². The molecule has 1 aromatic carbocycles. The highest BCUT2D eigenvalue weighted by Crippen LogP contribution is 2.49. The maximum atomic E-state index is 9.09. The summed E-state index contributed by atoms with van der Waals surface area (Å²) in [4.78, 5) is 0.545. The van der Waals surface area contributed by atoms with Crippen LogP contribution in [0.1, 0.15) is 24.8 Å². The molecule has 0 radical (unpaired) electrons. The van der Waals surface area contributed by atoms with Gasteiger partial charge in [0.1, 0.15) is 0 Å². The normalized spacial score (nSPS) is 15.9. The second-order valence-electron chi connectivity index (χ2n) is 5.08. The van der Waals surface area contributed by atoms with E-state index in [0.29, 0.717) is 23.1 Å². The molecule has 0 saturated heterocycles. The average Bonchev–Trinajstić information content (AvgIpc) is 3.15. The zero-order valence-corrected chi connectivity index (χ0v) is 11.8. The van der Waals surface area contributed by atoms with Crippen LogP contribution in [0.3, 0.4) is 0 Å². The Balaban J connectivity index is 2.01. The number of nitrogens with two attached hydrogens (primary N) is 1. The summed E-state index contributed by atoms with van der Waals surface area (Å²) < 4.78 is 11.1. The van der Waals surface area contributed by atoms with E-state index >= 15 is 0 Å². The van der Waals surface area contributed by atoms with Crippen LogP contribution in [0, 0.1) is 5.41 Å². The maximum Gasteiger partial charge on any atom is 0.161 e. The van der Waals surface area contributed by atoms with Gasteiger partial charge in [0.25, 0.3) is 0 Å². The Bertz CT molecular complexity index is 472. The molecule has 3 N–H and O–H groups in total. The first-order valence-electron chi connectivity index (χ1n) is 6.27. The molecule has 1 aliphatic carbocycles. The molecule has 1 saturated carbocycles. The van der Waals surface area contributed by atoms with Gasteiger partial charge in [-0.25, -0.2) is 0 Å². The number of thiocarbonyl (C=S) groups is 1. The van der Waals surface area contributed by atoms with Gasteiger partial charge in [-0.3, -0.25) is 0 Å². The van der Waals surface area contributed by atoms with Gasteiger partial charge in [-0.05, 0) is 30.5 Å². The SMILES string of the molecule is COc1cc(CO)ccc1OCC1(CC(N)=S)CC1. The fraction of sp³-hybridized carbons (Fsp3) is 0.500. The summed E-state index contributed by atoms with van der Waals surface area (Å²) in [7, 11) is 1.59. The highest BCUT2D eigenvalue weighted by Gasteiger charge is 2.44. The molecule has 5 heteroatoms. The molecule has 1 aliphatic rings. The summed E-state index contributed by atoms with van der Waals surface area (Å²) in [6, 6.07) is 5.43. The van der Waals surface area contributed by atoms with Crippen molar-refractivity contribution >= 4 is 17.2 Å². The lowest BCUT2D eigenvalue weighted by atomic mass is 10.0. The molecule has 2 rings (SSSR count). The van der Waals surface area contributed by atoms with E-state index in [0.717, 1.165) is 24.8 Å². The van der Waals surface area contributed by atoms with Gasteiger partial charge in [0.15, 0.2) is 11.5 Å². The van der Waals surface area contributed by atoms with Crippen LogP contribution >= 0.6 is 12.2 Å². The number of ether oxygens (including phenoxy) is 2. The molecule has 4 nitrogen and oxygen atoms in total. The largest absolute Gasteiger partial charge is 0.493 e. The van der Waals surface area contributed by atoms with E-state index < -0.39 is 0 Å². The number of rotatable bonds is 7. The van der Waals surface area contributed by atoms with Crippen molar-refractivity contribution in [3.05, 3.63) is 23.8 Å². The van der Waals surface area contributed by atoms with Crippen molar-refractivity contribution in [2.75, 3.05) is 13.7 Å². The van der Waals surface area contributed by atoms with E-state index in [-0.39, 0.29) is 12.0 Å². The Hall–Kier alpha value is -1.33. The number of aliphatic hydroxyl groups excluding tert-OH is 1. The topological polar surface area (TPSA) is 64.7 Å². The molecule has 104 valence electrons. The minimum Gasteiger partial charge on any atom is -0.493 e. The standard InChI is InChI=1S/C14H19NO3S/c1-17-12-6-10(8-16)2-3-11(12)18-9-14(4-5-14)7-13(15)19/h2-3,6,16H,4-5,7-9H2,1H3,(H2,15,19). The van der Waals surface area contributed by atoms with Crippen molar-refractivity contribution in [3.8, 4) is 11.5 Å². The van der Waals surface area contributed by atoms with Crippen molar-refractivity contribution < 1.29 is 14.6 Å². The summed E-state index contributed by atoms with van der Waals surface area (Å²) in [6.45, 7) is 0.585. The van der Waals surface area contributed by atoms with Gasteiger partial charge in [-0.15, -0.1) is 0 Å². The van der Waals surface area contributed by atoms with Gasteiger partial charge in [-0.1, -0.05) is 18.3 Å². The number of aliphatic hydroxyl groups is 1. The van der Waals surface area contributed by atoms with E-state index in [1.165, 1.54) is 0 Å². The minimum atomic E-state index is -0.0119. The maximum absolute atomic E-state index is 9.09. The molecule has 0 aliphatic heterocycles. The van der Waals surface area contributed by atoms with Crippen LogP contribution in [-0.4, -0.2) is 23.8 Å². The van der Waals surface area contributed by atoms with Crippen molar-refractivity contribution in [2.24, 2.45) is 11.1 Å². The molecule has 1 aromatic rings. The van der Waals surface area contributed by atoms with Crippen molar-refractivity contribution in [3.63, 3.8) is 0 Å². The molecule has 0 heterocycles. The quantitative estimate of drug-likeness (QED) is 0.749. The molecular formula is C14H19NO3S. The predicted octanol–water partition coefficient (Wildman–Crippen LogP) is 2.02. The Morgan fingerprint density at radius 1 is 1.42 bits per heavy atom. The number of hydrogen-bond donors (Lipinski definition) is 2. The van der Waals surface area contributed by atoms with Crippen molar-refractivity contribution in [2.45, 2.75) is 25.9 Å². The molecule has 19 heavy (non-hydrogen) atoms. The Morgan fingerprint density at radius 2 is 2.16 bits per heavy atom. The molecule has 0 atom stereocenters. The summed E-state index contributed by atoms with van der Waals surface area (Å²) in [6.07, 6.45) is 2.93. The van der Waals surface area contributed by atoms with E-state index in [1.54, 1.807) is 13.2 Å². The van der Waals surface area contributed by atoms with Gasteiger partial charge in [0.05, 0.1) is 25.3 Å². The van der Waals surface area contributed by atoms with Crippen LogP contribution in [-0.2, 0) is 6.61 Å². The third-order valence-corrected chi connectivity index (χ3v) is 3.60. The highest BCUT2D eigenvalue weighted by atomic mass is 32.1. The summed E-state index contributed by atoms with van der Waals surface area (Å²) >= 11 is 4.97. The molecule has 0 amide bonds. The molecular weight excluding hydrogens is 262 g/mol. The summed E-state index contributed by atoms with van der Waals surface area (Å²) in [5.41, 5.74) is 6.52. The Kier molecular flexibility index (Phi) is 4.27. The lowest BCUT2D eigenvalue weighted by Gasteiger charge is -2.17. The number of methoxy groups -OCH3 is 1. The molecule has 1 fully saturated rings. The average molecular weight is 281 g/mol. The van der Waals surface area contributed by atoms with Gasteiger partial charge < -0.3 is 20.3 Å². The smallest absolute Gasteiger partial charge is 0.161 e. The lowest BCUT2D eigenvalue weighted by Crippen LogP contribution is -2.21. The van der Waals surface area contributed by atoms with Crippen molar-refractivity contribution in [1.29, 1.82) is 0 Å². The van der Waals surface area contributed by atoms with E-state index in [9.17, 15) is 0 Å². The van der Waals surface area contributed by atoms with Gasteiger partial charge >= 0.3 is 0 Å². The molecule has 0 spiro atoms. The fourth-order valence-electron chi connectivity index (χ4n) is 2.08. The first-order chi connectivity index (χ1) is 9.08. The third-order valence-electron chi connectivity index (χ3n) is 3.45. The highest BCUT2D eigenvalue weighted by molar-refractivity contribution is 7.80. The van der Waals surface area contributed by atoms with Crippen LogP contribution in [0.2, 0.25) is 0 Å². The molecule has 0 bridgehead atoms. The first-order valence-corrected chi connectivity index (χ1v) is 6.68. The van der Waals surface area contributed by atoms with Gasteiger partial charge in [0.2, 0.25) is 0 Å². The minimum absolute atomic E-state index is 0.0119. The van der Waals surface area contributed by atoms with Gasteiger partial charge in [0, 0.05) is 11.8 Å². The van der Waals surface area contributed by atoms with Crippen LogP contribution in [0.15, 0.2) is 18.2 Å². The van der Waals surface area contributed by atoms with Crippen LogP contribution in [0.25, 0.3) is 0 Å². The Morgan fingerprint density at radius 3 is 2.68 bits per heavy atom. The molecule has 0 aromatic heterocycles. The van der Waals surface area contributed by atoms with Crippen LogP contribution < -0.4 is 15.2 Å². The fourth-order valence-corrected chi connectivity index (χ4v) is 2.39. The third kappa shape index (κ3) is 3.58. The zero-order chi connectivity index (χ0) is 13.9. The second kappa shape index (κ2) is 5.75. The first kappa shape index (κ1) is 14.1. The second-order valence-corrected chi connectivity index (χ2v) is 5.60. The summed E-state index contributed by atoms with van der Waals surface area (Å²) in [5, 5.41) is 9.09. The molecule has 0 unspecified atom stereocenters. The van der Waals surface area contributed by atoms with E-state index in [2.05, 4.69) is 0 Å². The van der Waals surface area contributed by atoms with Crippen molar-refractivity contribution in [1.82, 2.24) is 0 Å². The van der Waals surface area contributed by atoms with Crippen LogP contribution in [0.5, 0.6) is 11.5 Å². The monoisotopic (exact) mass is 281 g/mol. The Labute approximate surface area is 118 Å². The number of benzene rings is 1. The van der Waals surface area contributed by atoms with Crippen LogP contribution in [0.4, 0.5) is 0 Å². The van der Waals surface area contributed by atoms with E-state index in [4.69, 9.17) is 32.5 Å². The predicted molar refractivity (Wildman–Crippen MR) is 77.5 cm³/mol. The summed E-state index contributed by atoms with van der Waals surface area (Å²) in [5.74, 6) is 1.33. The lowest BCUT2D eigenvalue weighted by molar-refractivity contribution is 0.228. The zero-order valence-electron chi connectivity index (χ0n) is 11.0. The van der Waals surface area contributed by atoms with Gasteiger partial charge in [-0.2, -0.15) is 0 Å². The number of hydrogen-bond acceptors (Lipinski definition) is 4.